The van der Waals surface area contributed by atoms with Gasteiger partial charge in [0.25, 0.3) is 0 Å². The van der Waals surface area contributed by atoms with E-state index < -0.39 is 147 Å². The number of hydrogen-bond donors (Lipinski definition) is 15. The second-order valence-electron chi connectivity index (χ2n) is 29.4. The van der Waals surface area contributed by atoms with Crippen LogP contribution in [0.25, 0.3) is 0 Å². The fraction of sp³-hybridized carbons (Fsp3) is 0.806. The molecule has 2 saturated heterocycles. The zero-order valence-corrected chi connectivity index (χ0v) is 48.8. The molecule has 26 unspecified atom stereocenters. The lowest BCUT2D eigenvalue weighted by atomic mass is 9.25. The Balaban J connectivity index is 1.06. The van der Waals surface area contributed by atoms with Crippen LogP contribution in [0.3, 0.4) is 0 Å². The molecule has 13 rings (SSSR count). The summed E-state index contributed by atoms with van der Waals surface area (Å²) < 4.78 is 13.0. The van der Waals surface area contributed by atoms with Crippen LogP contribution in [0.5, 0.6) is 0 Å². The molecule has 26 atom stereocenters. The van der Waals surface area contributed by atoms with Crippen LogP contribution >= 0.6 is 0 Å². The van der Waals surface area contributed by atoms with E-state index in [1.54, 1.807) is 19.6 Å². The number of ether oxygens (including phenoxy) is 2. The summed E-state index contributed by atoms with van der Waals surface area (Å²) in [5.74, 6) is -4.81. The maximum absolute atomic E-state index is 15.6. The Bertz CT molecular complexity index is 2870. The zero-order valence-electron chi connectivity index (χ0n) is 48.8. The first kappa shape index (κ1) is 58.2. The molecule has 1 spiro atoms. The van der Waals surface area contributed by atoms with Gasteiger partial charge in [-0.3, -0.25) is 9.59 Å². The van der Waals surface area contributed by atoms with Gasteiger partial charge in [-0.15, -0.1) is 0 Å². The minimum Gasteiger partial charge on any atom is -0.481 e. The number of aliphatic carboxylic acids is 1. The second kappa shape index (κ2) is 20.1. The molecule has 2 bridgehead atoms. The molecule has 21 nitrogen and oxygen atoms in total. The van der Waals surface area contributed by atoms with Crippen molar-refractivity contribution in [2.24, 2.45) is 103 Å². The number of aromatic amines is 2. The first-order chi connectivity index (χ1) is 39.5. The summed E-state index contributed by atoms with van der Waals surface area (Å²) in [4.78, 5) is 46.3. The van der Waals surface area contributed by atoms with Crippen molar-refractivity contribution in [2.45, 2.75) is 172 Å². The summed E-state index contributed by atoms with van der Waals surface area (Å²) in [6.45, 7) is 8.53. The summed E-state index contributed by atoms with van der Waals surface area (Å²) in [5.41, 5.74) is 1.62. The largest absolute Gasteiger partial charge is 0.481 e. The van der Waals surface area contributed by atoms with Gasteiger partial charge < -0.3 is 87.1 Å². The van der Waals surface area contributed by atoms with Crippen LogP contribution in [-0.4, -0.2) is 173 Å². The van der Waals surface area contributed by atoms with Crippen molar-refractivity contribution in [3.05, 3.63) is 54.0 Å². The average Bonchev–Trinajstić information content (AvgIpc) is 1.43. The first-order valence-electron chi connectivity index (χ1n) is 31.2. The number of carboxylic acids is 1. The number of H-pyrrole nitrogens is 2. The molecule has 1 amide bonds. The van der Waals surface area contributed by atoms with E-state index in [1.165, 1.54) is 11.9 Å². The Morgan fingerprint density at radius 1 is 0.928 bits per heavy atom. The van der Waals surface area contributed by atoms with Gasteiger partial charge in [0.05, 0.1) is 72.2 Å². The molecule has 8 aliphatic carbocycles. The van der Waals surface area contributed by atoms with Crippen LogP contribution in [-0.2, 0) is 30.9 Å². The van der Waals surface area contributed by atoms with Gasteiger partial charge in [0, 0.05) is 48.8 Å². The summed E-state index contributed by atoms with van der Waals surface area (Å²) in [7, 11) is 1.72. The molecule has 0 aromatic carbocycles. The van der Waals surface area contributed by atoms with Crippen molar-refractivity contribution in [1.82, 2.24) is 30.6 Å². The van der Waals surface area contributed by atoms with Crippen molar-refractivity contribution in [3.63, 3.8) is 0 Å². The molecular weight excluding hydrogens is 1060 g/mol. The minimum absolute atomic E-state index is 0.0659. The highest BCUT2D eigenvalue weighted by Gasteiger charge is 2.81. The molecule has 0 radical (unpaired) electrons. The van der Waals surface area contributed by atoms with Crippen molar-refractivity contribution in [1.29, 1.82) is 0 Å². The Hall–Kier alpha value is -3.84. The topological polar surface area (TPSA) is 354 Å². The van der Waals surface area contributed by atoms with Crippen molar-refractivity contribution < 1.29 is 65.0 Å². The highest BCUT2D eigenvalue weighted by molar-refractivity contribution is 5.87. The van der Waals surface area contributed by atoms with Gasteiger partial charge in [0.15, 0.2) is 6.29 Å². The second-order valence-corrected chi connectivity index (χ2v) is 29.4. The van der Waals surface area contributed by atoms with Crippen molar-refractivity contribution >= 4 is 17.7 Å². The van der Waals surface area contributed by atoms with E-state index in [4.69, 9.17) is 20.2 Å². The minimum atomic E-state index is -1.71. The van der Waals surface area contributed by atoms with Crippen LogP contribution in [0.4, 0.5) is 5.82 Å². The third kappa shape index (κ3) is 7.54. The first-order valence-corrected chi connectivity index (χ1v) is 31.2. The lowest BCUT2D eigenvalue weighted by Crippen LogP contribution is -2.77. The van der Waals surface area contributed by atoms with Crippen LogP contribution < -0.4 is 21.7 Å². The number of allylic oxidation sites excluding steroid dienone is 3. The number of carbonyl (C=O) groups is 2. The van der Waals surface area contributed by atoms with Crippen molar-refractivity contribution in [3.8, 4) is 0 Å². The van der Waals surface area contributed by atoms with Crippen molar-refractivity contribution in [2.75, 3.05) is 45.3 Å². The molecule has 21 heteroatoms. The zero-order chi connectivity index (χ0) is 58.8. The SMILES string of the molecule is CNCC(C(N)O)C(O)C1(c2cnc[nH]2)C=CC(C2C(O)C(OC3OCC(O)C(O)C3O)C(C)(CO)C3CCC45CCCC(C=C6C7CC(C)(CO)CCC7(C(=O)O)C7CNc8nc[nH]c8CC7C64C)C5C23C)C2C1NC(=O)C21CCCC1. The number of carboxylic acid groups (broad SMARTS) is 1. The molecule has 5 heterocycles. The number of aromatic nitrogens is 4. The maximum atomic E-state index is 15.6. The number of nitrogens with zero attached hydrogens (tertiary/aromatic N) is 2. The Morgan fingerprint density at radius 3 is 2.39 bits per heavy atom. The molecule has 2 aromatic rings. The van der Waals surface area contributed by atoms with Crippen LogP contribution in [0, 0.1) is 97.1 Å². The number of fused-ring (bicyclic) bond motifs is 10. The van der Waals surface area contributed by atoms with Gasteiger partial charge in [-0.2, -0.15) is 0 Å². The predicted octanol–water partition coefficient (Wildman–Crippen LogP) is 2.07. The van der Waals surface area contributed by atoms with E-state index >= 15 is 4.79 Å². The molecule has 16 N–H and O–H groups in total. The number of rotatable bonds is 12. The van der Waals surface area contributed by atoms with Gasteiger partial charge in [-0.25, -0.2) is 9.97 Å². The van der Waals surface area contributed by atoms with E-state index in [2.05, 4.69) is 63.8 Å². The molecule has 11 aliphatic rings. The number of carbonyl (C=O) groups excluding carboxylic acids is 1. The lowest BCUT2D eigenvalue weighted by Gasteiger charge is -2.78. The Labute approximate surface area is 485 Å². The van der Waals surface area contributed by atoms with Crippen LogP contribution in [0.2, 0.25) is 0 Å². The summed E-state index contributed by atoms with van der Waals surface area (Å²) in [5, 5.41) is 118. The molecule has 458 valence electrons. The number of aliphatic hydroxyl groups is 8. The Kier molecular flexibility index (Phi) is 14.1. The normalized spacial score (nSPS) is 49.4. The Morgan fingerprint density at radius 2 is 1.70 bits per heavy atom. The molecule has 83 heavy (non-hydrogen) atoms. The molecule has 8 fully saturated rings. The third-order valence-electron chi connectivity index (χ3n) is 26.5. The number of amides is 1. The van der Waals surface area contributed by atoms with Gasteiger partial charge >= 0.3 is 5.97 Å². The molecule has 2 aromatic heterocycles. The highest BCUT2D eigenvalue weighted by atomic mass is 16.7. The van der Waals surface area contributed by atoms with Gasteiger partial charge in [0.2, 0.25) is 5.91 Å². The number of nitrogens with two attached hydrogens (primary N) is 1. The van der Waals surface area contributed by atoms with Gasteiger partial charge in [-0.1, -0.05) is 70.8 Å². The van der Waals surface area contributed by atoms with Crippen LogP contribution in [0.1, 0.15) is 116 Å². The molecule has 3 aliphatic heterocycles. The molecular formula is C62H92N8O13. The van der Waals surface area contributed by atoms with Gasteiger partial charge in [0.1, 0.15) is 30.4 Å². The number of hydrogen-bond acceptors (Lipinski definition) is 17. The predicted molar refractivity (Wildman–Crippen MR) is 301 cm³/mol. The standard InChI is InChI=1S/C62H92N8O13/c1-55(26-71)17-18-61(54(80)81)35(21-55)33-19-30-9-8-14-60(58(33,4)34-20-37-51(69-29-67-37)66-23-36(34)61)15-11-39-56(2,27-72)49(83-52-45(76)43(74)38(73)25-82-52)44(75)41(57(39,3)46(30)60)31-10-16-62(40-24-65-28-68-40,48(77)32(22-64-5)50(63)78)47-42(31)59(53(79)70-47)12-6-7-13-59/h10,16,19,24,28-32,34-36,38-39,41-50,52,64,66,71-78H,6-9,11-15,17-18,20-23,25-27,63H2,1-5H3,(H,65,68)(H,67,69)(H,70,79)(H,80,81). The number of aliphatic hydroxyl groups excluding tert-OH is 8. The van der Waals surface area contributed by atoms with E-state index in [0.717, 1.165) is 43.6 Å². The van der Waals surface area contributed by atoms with E-state index in [-0.39, 0.29) is 49.3 Å². The third-order valence-corrected chi connectivity index (χ3v) is 26.5. The smallest absolute Gasteiger partial charge is 0.310 e. The van der Waals surface area contributed by atoms with Gasteiger partial charge in [-0.05, 0) is 140 Å². The van der Waals surface area contributed by atoms with E-state index in [0.29, 0.717) is 63.6 Å². The summed E-state index contributed by atoms with van der Waals surface area (Å²) in [6.07, 6.45) is 8.21. The quantitative estimate of drug-likeness (QED) is 0.0822. The summed E-state index contributed by atoms with van der Waals surface area (Å²) >= 11 is 0. The monoisotopic (exact) mass is 1160 g/mol. The number of imidazole rings is 2. The molecule has 6 saturated carbocycles. The van der Waals surface area contributed by atoms with E-state index in [9.17, 15) is 50.8 Å². The fourth-order valence-electron chi connectivity index (χ4n) is 23.0. The summed E-state index contributed by atoms with van der Waals surface area (Å²) in [6, 6.07) is -0.832. The highest BCUT2D eigenvalue weighted by Crippen LogP contribution is 2.83. The number of anilines is 1. The maximum Gasteiger partial charge on any atom is 0.310 e. The van der Waals surface area contributed by atoms with E-state index in [1.807, 2.05) is 13.0 Å². The average molecular weight is 1160 g/mol. The fourth-order valence-corrected chi connectivity index (χ4v) is 23.0. The lowest BCUT2D eigenvalue weighted by molar-refractivity contribution is -0.350. The number of nitrogens with one attached hydrogen (secondary N) is 5. The van der Waals surface area contributed by atoms with Crippen LogP contribution in [0.15, 0.2) is 42.7 Å².